The molecule has 0 unspecified atom stereocenters. The summed E-state index contributed by atoms with van der Waals surface area (Å²) < 4.78 is 76.4. The van der Waals surface area contributed by atoms with Gasteiger partial charge in [0.25, 0.3) is 5.91 Å². The van der Waals surface area contributed by atoms with E-state index in [2.05, 4.69) is 26.9 Å². The number of nitrogens with one attached hydrogen (secondary N) is 3. The van der Waals surface area contributed by atoms with Gasteiger partial charge in [-0.2, -0.15) is 13.2 Å². The molecule has 4 bridgehead atoms. The minimum absolute atomic E-state index is 0.0455. The second kappa shape index (κ2) is 13.3. The van der Waals surface area contributed by atoms with E-state index in [9.17, 15) is 36.0 Å². The molecule has 1 aromatic carbocycles. The van der Waals surface area contributed by atoms with Crippen molar-refractivity contribution in [1.29, 1.82) is 0 Å². The Hall–Kier alpha value is -3.72. The number of hydrogen-bond acceptors (Lipinski definition) is 8. The van der Waals surface area contributed by atoms with Crippen LogP contribution in [0.1, 0.15) is 63.4 Å². The monoisotopic (exact) mass is 691 g/mol. The van der Waals surface area contributed by atoms with Gasteiger partial charge in [-0.3, -0.25) is 24.4 Å². The number of hydrogen-bond donors (Lipinski definition) is 3. The molecule has 48 heavy (non-hydrogen) atoms. The van der Waals surface area contributed by atoms with E-state index in [-0.39, 0.29) is 31.8 Å². The first-order valence-corrected chi connectivity index (χ1v) is 18.0. The summed E-state index contributed by atoms with van der Waals surface area (Å²) in [7, 11) is -3.95. The molecule has 3 fully saturated rings. The molecule has 4 aliphatic rings. The highest BCUT2D eigenvalue weighted by atomic mass is 32.2. The van der Waals surface area contributed by atoms with Crippen molar-refractivity contribution in [3.8, 4) is 5.88 Å². The average Bonchev–Trinajstić information content (AvgIpc) is 3.96. The topological polar surface area (TPSA) is 147 Å². The quantitative estimate of drug-likeness (QED) is 0.392. The van der Waals surface area contributed by atoms with Crippen molar-refractivity contribution in [2.24, 2.45) is 5.92 Å². The number of rotatable bonds is 6. The second-order valence-corrected chi connectivity index (χ2v) is 15.2. The van der Waals surface area contributed by atoms with E-state index < -0.39 is 68.8 Å². The van der Waals surface area contributed by atoms with E-state index in [1.165, 1.54) is 6.08 Å². The van der Waals surface area contributed by atoms with Crippen molar-refractivity contribution in [3.63, 3.8) is 0 Å². The van der Waals surface area contributed by atoms with E-state index in [0.717, 1.165) is 41.5 Å². The number of fused-ring (bicyclic) bond motifs is 3. The van der Waals surface area contributed by atoms with Gasteiger partial charge < -0.3 is 15.0 Å². The first-order valence-electron chi connectivity index (χ1n) is 16.5. The summed E-state index contributed by atoms with van der Waals surface area (Å²) in [5, 5.41) is 5.82. The number of ether oxygens (including phenoxy) is 1. The molecule has 2 aromatic rings. The highest BCUT2D eigenvalue weighted by molar-refractivity contribution is 7.91. The Morgan fingerprint density at radius 1 is 1.12 bits per heavy atom. The van der Waals surface area contributed by atoms with Crippen LogP contribution in [0.15, 0.2) is 43.1 Å². The maximum atomic E-state index is 14.3. The van der Waals surface area contributed by atoms with Crippen LogP contribution in [-0.4, -0.2) is 84.3 Å². The SMILES string of the molecule is C=C[C@@H]1C[C@]1(NC(=O)[C@H]1C[C@@H]2CN1C(=O)[C@H](C(F)(F)F)NCCCCCCCc1ccc3ccnc(c3c1)O2)C(=O)NS(=O)(=O)C1CC1. The lowest BCUT2D eigenvalue weighted by molar-refractivity contribution is -0.177. The molecule has 2 aliphatic heterocycles. The van der Waals surface area contributed by atoms with Crippen molar-refractivity contribution in [1.82, 2.24) is 25.2 Å². The highest BCUT2D eigenvalue weighted by Crippen LogP contribution is 2.45. The molecule has 5 atom stereocenters. The first kappa shape index (κ1) is 34.2. The van der Waals surface area contributed by atoms with Gasteiger partial charge in [-0.05, 0) is 68.2 Å². The van der Waals surface area contributed by atoms with Gasteiger partial charge >= 0.3 is 6.18 Å². The van der Waals surface area contributed by atoms with Crippen LogP contribution in [0, 0.1) is 5.92 Å². The first-order chi connectivity index (χ1) is 22.8. The Morgan fingerprint density at radius 2 is 1.88 bits per heavy atom. The molecule has 3 amide bonds. The van der Waals surface area contributed by atoms with Gasteiger partial charge in [-0.1, -0.05) is 37.5 Å². The third kappa shape index (κ3) is 7.16. The lowest BCUT2D eigenvalue weighted by Crippen LogP contribution is -2.60. The third-order valence-corrected chi connectivity index (χ3v) is 11.6. The van der Waals surface area contributed by atoms with Crippen LogP contribution in [-0.2, 0) is 30.8 Å². The smallest absolute Gasteiger partial charge is 0.412 e. The predicted molar refractivity (Wildman–Crippen MR) is 170 cm³/mol. The number of halogens is 3. The molecule has 6 rings (SSSR count). The zero-order chi connectivity index (χ0) is 34.3. The van der Waals surface area contributed by atoms with Gasteiger partial charge in [0, 0.05) is 23.9 Å². The van der Waals surface area contributed by atoms with E-state index in [4.69, 9.17) is 4.74 Å². The van der Waals surface area contributed by atoms with Crippen molar-refractivity contribution in [2.75, 3.05) is 13.1 Å². The van der Waals surface area contributed by atoms with Crippen LogP contribution in [0.2, 0.25) is 0 Å². The van der Waals surface area contributed by atoms with Crippen molar-refractivity contribution in [2.45, 2.75) is 99.4 Å². The molecule has 15 heteroatoms. The fourth-order valence-corrected chi connectivity index (χ4v) is 8.09. The minimum atomic E-state index is -4.95. The van der Waals surface area contributed by atoms with E-state index >= 15 is 0 Å². The fraction of sp³-hybridized carbons (Fsp3) is 0.576. The molecule has 0 radical (unpaired) electrons. The van der Waals surface area contributed by atoms with Crippen molar-refractivity contribution < 1.29 is 40.7 Å². The standard InChI is InChI=1S/C33H40F3N5O6S/c1-2-22-18-32(22,31(44)40-48(45,46)24-11-12-24)39-28(42)26-17-23-19-41(26)30(43)27(33(34,35)36)37-14-7-5-3-4-6-8-20-9-10-21-13-15-38-29(47-23)25(21)16-20/h2,9-10,13,15-16,22-24,26-27,37H,1,3-8,11-12,14,17-19H2,(H,39,42)(H,40,44)/t22-,23-,26-,27-,32-/m1/s1. The number of alkyl halides is 3. The predicted octanol–water partition coefficient (Wildman–Crippen LogP) is 3.28. The molecule has 2 saturated carbocycles. The van der Waals surface area contributed by atoms with E-state index in [1.54, 1.807) is 6.20 Å². The Balaban J connectivity index is 1.30. The molecule has 260 valence electrons. The summed E-state index contributed by atoms with van der Waals surface area (Å²) in [4.78, 5) is 46.2. The number of aromatic nitrogens is 1. The molecule has 3 N–H and O–H groups in total. The Bertz CT molecular complexity index is 1700. The van der Waals surface area contributed by atoms with Crippen molar-refractivity contribution in [3.05, 3.63) is 48.7 Å². The number of carbonyl (C=O) groups excluding carboxylic acids is 3. The molecule has 1 aromatic heterocycles. The molecule has 11 nitrogen and oxygen atoms in total. The van der Waals surface area contributed by atoms with Crippen molar-refractivity contribution >= 4 is 38.5 Å². The highest BCUT2D eigenvalue weighted by Gasteiger charge is 2.62. The summed E-state index contributed by atoms with van der Waals surface area (Å²) in [6.45, 7) is 3.29. The van der Waals surface area contributed by atoms with Gasteiger partial charge in [0.1, 0.15) is 17.7 Å². The molecular formula is C33H40F3N5O6S. The molecule has 1 saturated heterocycles. The fourth-order valence-electron chi connectivity index (χ4n) is 6.73. The average molecular weight is 692 g/mol. The number of pyridine rings is 1. The number of nitrogens with zero attached hydrogens (tertiary/aromatic N) is 2. The largest absolute Gasteiger partial charge is 0.472 e. The summed E-state index contributed by atoms with van der Waals surface area (Å²) in [6.07, 6.45) is 2.37. The van der Waals surface area contributed by atoms with Gasteiger partial charge in [0.15, 0.2) is 6.04 Å². The van der Waals surface area contributed by atoms with Crippen LogP contribution in [0.25, 0.3) is 10.8 Å². The number of amides is 3. The molecule has 0 spiro atoms. The molecule has 2 aliphatic carbocycles. The zero-order valence-electron chi connectivity index (χ0n) is 26.4. The Labute approximate surface area is 277 Å². The number of carbonyl (C=O) groups is 3. The molecule has 3 heterocycles. The maximum Gasteiger partial charge on any atom is 0.412 e. The second-order valence-electron chi connectivity index (χ2n) is 13.3. The minimum Gasteiger partial charge on any atom is -0.472 e. The lowest BCUT2D eigenvalue weighted by atomic mass is 10.0. The third-order valence-electron chi connectivity index (χ3n) is 9.73. The summed E-state index contributed by atoms with van der Waals surface area (Å²) >= 11 is 0. The van der Waals surface area contributed by atoms with Gasteiger partial charge in [-0.15, -0.1) is 6.58 Å². The normalized spacial score (nSPS) is 28.6. The van der Waals surface area contributed by atoms with E-state index in [0.29, 0.717) is 31.1 Å². The summed E-state index contributed by atoms with van der Waals surface area (Å²) in [5.74, 6) is -3.56. The Morgan fingerprint density at radius 3 is 2.58 bits per heavy atom. The number of sulfonamides is 1. The van der Waals surface area contributed by atoms with Gasteiger partial charge in [0.2, 0.25) is 27.7 Å². The van der Waals surface area contributed by atoms with Crippen LogP contribution in [0.4, 0.5) is 13.2 Å². The van der Waals surface area contributed by atoms with Crippen LogP contribution >= 0.6 is 0 Å². The van der Waals surface area contributed by atoms with Gasteiger partial charge in [-0.25, -0.2) is 13.4 Å². The van der Waals surface area contributed by atoms with E-state index in [1.807, 2.05) is 24.3 Å². The lowest BCUT2D eigenvalue weighted by Gasteiger charge is -2.30. The van der Waals surface area contributed by atoms with Crippen LogP contribution < -0.4 is 20.1 Å². The van der Waals surface area contributed by atoms with Gasteiger partial charge in [0.05, 0.1) is 11.8 Å². The van der Waals surface area contributed by atoms with Crippen LogP contribution in [0.3, 0.4) is 0 Å². The summed E-state index contributed by atoms with van der Waals surface area (Å²) in [6, 6.07) is 3.78. The number of aryl methyl sites for hydroxylation is 1. The summed E-state index contributed by atoms with van der Waals surface area (Å²) in [5.41, 5.74) is -0.583. The maximum absolute atomic E-state index is 14.3. The molecular weight excluding hydrogens is 651 g/mol. The zero-order valence-corrected chi connectivity index (χ0v) is 27.2. The Kier molecular flexibility index (Phi) is 9.46. The number of benzene rings is 1. The van der Waals surface area contributed by atoms with Crippen LogP contribution in [0.5, 0.6) is 5.88 Å².